The van der Waals surface area contributed by atoms with Crippen LogP contribution in [0.2, 0.25) is 0 Å². The molecular weight excluding hydrogens is 255 g/mol. The number of benzene rings is 1. The molecule has 0 fully saturated rings. The van der Waals surface area contributed by atoms with E-state index in [1.807, 2.05) is 6.07 Å². The number of hydrogen-bond donors (Lipinski definition) is 0. The SMILES string of the molecule is N#CCC(c1ccccc1)n1cc(C(F)(F)F)cn1. The molecule has 3 nitrogen and oxygen atoms in total. The smallest absolute Gasteiger partial charge is 0.264 e. The van der Waals surface area contributed by atoms with Crippen LogP contribution < -0.4 is 0 Å². The van der Waals surface area contributed by atoms with Crippen LogP contribution in [0, 0.1) is 11.3 Å². The predicted molar refractivity (Wildman–Crippen MR) is 62.0 cm³/mol. The molecule has 0 bridgehead atoms. The van der Waals surface area contributed by atoms with Crippen molar-refractivity contribution in [3.63, 3.8) is 0 Å². The van der Waals surface area contributed by atoms with Crippen LogP contribution >= 0.6 is 0 Å². The molecule has 0 spiro atoms. The van der Waals surface area contributed by atoms with Crippen molar-refractivity contribution in [1.29, 1.82) is 5.26 Å². The number of rotatable bonds is 3. The first-order valence-electron chi connectivity index (χ1n) is 5.55. The van der Waals surface area contributed by atoms with E-state index in [4.69, 9.17) is 5.26 Å². The van der Waals surface area contributed by atoms with E-state index in [1.165, 1.54) is 4.68 Å². The first kappa shape index (κ1) is 13.1. The fraction of sp³-hybridized carbons (Fsp3) is 0.231. The lowest BCUT2D eigenvalue weighted by molar-refractivity contribution is -0.137. The Balaban J connectivity index is 2.36. The zero-order valence-electron chi connectivity index (χ0n) is 9.80. The normalized spacial score (nSPS) is 12.9. The Morgan fingerprint density at radius 3 is 2.47 bits per heavy atom. The third-order valence-electron chi connectivity index (χ3n) is 2.72. The molecule has 1 unspecified atom stereocenters. The molecule has 1 atom stereocenters. The van der Waals surface area contributed by atoms with Crippen LogP contribution in [0.1, 0.15) is 23.6 Å². The van der Waals surface area contributed by atoms with Gasteiger partial charge in [0.05, 0.1) is 30.3 Å². The Morgan fingerprint density at radius 1 is 1.26 bits per heavy atom. The Bertz CT molecular complexity index is 581. The zero-order chi connectivity index (χ0) is 13.9. The van der Waals surface area contributed by atoms with Crippen molar-refractivity contribution in [2.75, 3.05) is 0 Å². The van der Waals surface area contributed by atoms with Crippen molar-refractivity contribution in [3.05, 3.63) is 53.9 Å². The molecule has 0 saturated heterocycles. The highest BCUT2D eigenvalue weighted by Gasteiger charge is 2.33. The lowest BCUT2D eigenvalue weighted by Gasteiger charge is -2.14. The third kappa shape index (κ3) is 2.94. The molecule has 0 aliphatic heterocycles. The summed E-state index contributed by atoms with van der Waals surface area (Å²) < 4.78 is 38.8. The van der Waals surface area contributed by atoms with Gasteiger partial charge in [-0.3, -0.25) is 4.68 Å². The van der Waals surface area contributed by atoms with Crippen LogP contribution in [-0.2, 0) is 6.18 Å². The highest BCUT2D eigenvalue weighted by atomic mass is 19.4. The average molecular weight is 265 g/mol. The number of halogens is 3. The van der Waals surface area contributed by atoms with E-state index in [9.17, 15) is 13.2 Å². The highest BCUT2D eigenvalue weighted by Crippen LogP contribution is 2.30. The second kappa shape index (κ2) is 5.14. The van der Waals surface area contributed by atoms with Crippen molar-refractivity contribution in [1.82, 2.24) is 9.78 Å². The van der Waals surface area contributed by atoms with Gasteiger partial charge in [-0.05, 0) is 5.56 Å². The minimum absolute atomic E-state index is 0.0585. The molecule has 1 aromatic heterocycles. The molecule has 0 aliphatic carbocycles. The van der Waals surface area contributed by atoms with Gasteiger partial charge in [-0.1, -0.05) is 30.3 Å². The lowest BCUT2D eigenvalue weighted by Crippen LogP contribution is -2.11. The van der Waals surface area contributed by atoms with Crippen molar-refractivity contribution in [2.24, 2.45) is 0 Å². The van der Waals surface area contributed by atoms with Crippen LogP contribution in [0.25, 0.3) is 0 Å². The molecule has 1 aromatic carbocycles. The molecule has 19 heavy (non-hydrogen) atoms. The van der Waals surface area contributed by atoms with Gasteiger partial charge in [0.25, 0.3) is 0 Å². The standard InChI is InChI=1S/C13H10F3N3/c14-13(15,16)11-8-18-19(9-11)12(6-7-17)10-4-2-1-3-5-10/h1-5,8-9,12H,6H2. The number of aromatic nitrogens is 2. The van der Waals surface area contributed by atoms with Crippen LogP contribution in [-0.4, -0.2) is 9.78 Å². The lowest BCUT2D eigenvalue weighted by atomic mass is 10.0. The van der Waals surface area contributed by atoms with Gasteiger partial charge in [-0.25, -0.2) is 0 Å². The fourth-order valence-corrected chi connectivity index (χ4v) is 1.78. The molecule has 6 heteroatoms. The molecule has 2 aromatic rings. The van der Waals surface area contributed by atoms with E-state index in [0.29, 0.717) is 0 Å². The van der Waals surface area contributed by atoms with Gasteiger partial charge >= 0.3 is 6.18 Å². The van der Waals surface area contributed by atoms with Gasteiger partial charge in [-0.2, -0.15) is 23.5 Å². The van der Waals surface area contributed by atoms with E-state index in [-0.39, 0.29) is 6.42 Å². The molecule has 0 saturated carbocycles. The van der Waals surface area contributed by atoms with Gasteiger partial charge in [-0.15, -0.1) is 0 Å². The number of alkyl halides is 3. The number of nitriles is 1. The second-order valence-electron chi connectivity index (χ2n) is 4.00. The Hall–Kier alpha value is -2.29. The Labute approximate surface area is 107 Å². The van der Waals surface area contributed by atoms with Gasteiger partial charge in [0.2, 0.25) is 0 Å². The number of nitrogens with zero attached hydrogens (tertiary/aromatic N) is 3. The minimum Gasteiger partial charge on any atom is -0.264 e. The summed E-state index contributed by atoms with van der Waals surface area (Å²) in [6.45, 7) is 0. The summed E-state index contributed by atoms with van der Waals surface area (Å²) in [4.78, 5) is 0. The molecule has 2 rings (SSSR count). The van der Waals surface area contributed by atoms with E-state index in [0.717, 1.165) is 18.0 Å². The van der Waals surface area contributed by atoms with Gasteiger partial charge in [0.1, 0.15) is 0 Å². The summed E-state index contributed by atoms with van der Waals surface area (Å²) in [6, 6.07) is 10.3. The Kier molecular flexibility index (Phi) is 3.56. The molecular formula is C13H10F3N3. The molecule has 0 radical (unpaired) electrons. The first-order chi connectivity index (χ1) is 9.02. The summed E-state index contributed by atoms with van der Waals surface area (Å²) in [7, 11) is 0. The van der Waals surface area contributed by atoms with Crippen LogP contribution in [0.15, 0.2) is 42.7 Å². The summed E-state index contributed by atoms with van der Waals surface area (Å²) in [5.74, 6) is 0. The molecule has 0 aliphatic rings. The van der Waals surface area contributed by atoms with E-state index in [1.54, 1.807) is 30.3 Å². The summed E-state index contributed by atoms with van der Waals surface area (Å²) >= 11 is 0. The van der Waals surface area contributed by atoms with Crippen molar-refractivity contribution in [2.45, 2.75) is 18.6 Å². The monoisotopic (exact) mass is 265 g/mol. The largest absolute Gasteiger partial charge is 0.419 e. The van der Waals surface area contributed by atoms with Crippen molar-refractivity contribution >= 4 is 0 Å². The Morgan fingerprint density at radius 2 is 1.95 bits per heavy atom. The van der Waals surface area contributed by atoms with Crippen molar-refractivity contribution in [3.8, 4) is 6.07 Å². The highest BCUT2D eigenvalue weighted by molar-refractivity contribution is 5.22. The number of hydrogen-bond acceptors (Lipinski definition) is 2. The fourth-order valence-electron chi connectivity index (χ4n) is 1.78. The molecule has 98 valence electrons. The molecule has 0 N–H and O–H groups in total. The van der Waals surface area contributed by atoms with Crippen molar-refractivity contribution < 1.29 is 13.2 Å². The predicted octanol–water partition coefficient (Wildman–Crippen LogP) is 3.40. The van der Waals surface area contributed by atoms with Gasteiger partial charge in [0, 0.05) is 6.20 Å². The summed E-state index contributed by atoms with van der Waals surface area (Å²) in [5.41, 5.74) is -0.0627. The minimum atomic E-state index is -4.42. The van der Waals surface area contributed by atoms with Crippen LogP contribution in [0.4, 0.5) is 13.2 Å². The maximum absolute atomic E-state index is 12.5. The maximum Gasteiger partial charge on any atom is 0.419 e. The quantitative estimate of drug-likeness (QED) is 0.853. The zero-order valence-corrected chi connectivity index (χ0v) is 9.80. The maximum atomic E-state index is 12.5. The van der Waals surface area contributed by atoms with Crippen LogP contribution in [0.3, 0.4) is 0 Å². The third-order valence-corrected chi connectivity index (χ3v) is 2.72. The topological polar surface area (TPSA) is 41.6 Å². The average Bonchev–Trinajstić information content (AvgIpc) is 2.86. The van der Waals surface area contributed by atoms with E-state index >= 15 is 0 Å². The van der Waals surface area contributed by atoms with Crippen LogP contribution in [0.5, 0.6) is 0 Å². The molecule has 0 amide bonds. The van der Waals surface area contributed by atoms with Gasteiger partial charge in [0.15, 0.2) is 0 Å². The second-order valence-corrected chi connectivity index (χ2v) is 4.00. The van der Waals surface area contributed by atoms with E-state index in [2.05, 4.69) is 5.10 Å². The molecule has 1 heterocycles. The first-order valence-corrected chi connectivity index (χ1v) is 5.55. The van der Waals surface area contributed by atoms with Gasteiger partial charge < -0.3 is 0 Å². The van der Waals surface area contributed by atoms with E-state index < -0.39 is 17.8 Å². The summed E-state index contributed by atoms with van der Waals surface area (Å²) in [5, 5.41) is 12.5. The summed E-state index contributed by atoms with van der Waals surface area (Å²) in [6.07, 6.45) is -2.67.